The number of nitrogens with one attached hydrogen (secondary N) is 1. The van der Waals surface area contributed by atoms with Crippen molar-refractivity contribution in [2.75, 3.05) is 6.54 Å². The van der Waals surface area contributed by atoms with Crippen molar-refractivity contribution in [1.29, 1.82) is 0 Å². The minimum atomic E-state index is -0.243. The molecule has 112 valence electrons. The highest BCUT2D eigenvalue weighted by atomic mass is 16.2. The average Bonchev–Trinajstić information content (AvgIpc) is 2.84. The quantitative estimate of drug-likeness (QED) is 0.865. The number of rotatable bonds is 1. The van der Waals surface area contributed by atoms with E-state index in [0.29, 0.717) is 17.0 Å². The lowest BCUT2D eigenvalue weighted by Crippen LogP contribution is -2.47. The van der Waals surface area contributed by atoms with Gasteiger partial charge in [-0.2, -0.15) is 5.10 Å². The molecule has 0 saturated carbocycles. The zero-order valence-corrected chi connectivity index (χ0v) is 12.6. The number of hydrogen-bond donors (Lipinski definition) is 1. The fourth-order valence-corrected chi connectivity index (χ4v) is 3.06. The number of aromatic amines is 1. The third-order valence-electron chi connectivity index (χ3n) is 4.65. The van der Waals surface area contributed by atoms with Crippen molar-refractivity contribution in [3.63, 3.8) is 0 Å². The molecule has 0 spiro atoms. The Labute approximate surface area is 122 Å². The van der Waals surface area contributed by atoms with E-state index in [9.17, 15) is 9.59 Å². The Bertz CT molecular complexity index is 746. The minimum Gasteiger partial charge on any atom is -0.345 e. The second-order valence-corrected chi connectivity index (χ2v) is 5.92. The van der Waals surface area contributed by atoms with Crippen LogP contribution >= 0.6 is 0 Å². The van der Waals surface area contributed by atoms with Gasteiger partial charge in [0.2, 0.25) is 5.43 Å². The van der Waals surface area contributed by atoms with Gasteiger partial charge in [-0.1, -0.05) is 6.92 Å². The van der Waals surface area contributed by atoms with E-state index < -0.39 is 0 Å². The summed E-state index contributed by atoms with van der Waals surface area (Å²) in [6.45, 7) is 4.92. The number of amides is 1. The molecule has 1 N–H and O–H groups in total. The average molecular weight is 288 g/mol. The maximum Gasteiger partial charge on any atom is 0.259 e. The predicted octanol–water partition coefficient (Wildman–Crippen LogP) is 1.52. The van der Waals surface area contributed by atoms with Gasteiger partial charge in [0.25, 0.3) is 5.91 Å². The van der Waals surface area contributed by atoms with Crippen molar-refractivity contribution in [2.24, 2.45) is 13.0 Å². The van der Waals surface area contributed by atoms with Gasteiger partial charge in [0.1, 0.15) is 11.2 Å². The lowest BCUT2D eigenvalue weighted by molar-refractivity contribution is 0.0549. The van der Waals surface area contributed by atoms with Gasteiger partial charge in [-0.15, -0.1) is 0 Å². The predicted molar refractivity (Wildman–Crippen MR) is 80.2 cm³/mol. The van der Waals surface area contributed by atoms with Crippen LogP contribution in [0.1, 0.15) is 37.0 Å². The van der Waals surface area contributed by atoms with E-state index >= 15 is 0 Å². The second kappa shape index (κ2) is 5.02. The van der Waals surface area contributed by atoms with Gasteiger partial charge in [-0.3, -0.25) is 14.3 Å². The molecule has 0 bridgehead atoms. The van der Waals surface area contributed by atoms with Crippen LogP contribution in [0.25, 0.3) is 11.0 Å². The van der Waals surface area contributed by atoms with Gasteiger partial charge in [0.15, 0.2) is 0 Å². The van der Waals surface area contributed by atoms with Gasteiger partial charge in [-0.25, -0.2) is 0 Å². The first-order valence-electron chi connectivity index (χ1n) is 7.35. The summed E-state index contributed by atoms with van der Waals surface area (Å²) in [6.07, 6.45) is 5.14. The van der Waals surface area contributed by atoms with Gasteiger partial charge in [0, 0.05) is 25.8 Å². The van der Waals surface area contributed by atoms with Crippen LogP contribution in [0.2, 0.25) is 0 Å². The Morgan fingerprint density at radius 1 is 1.43 bits per heavy atom. The molecule has 2 aromatic heterocycles. The molecule has 3 rings (SSSR count). The monoisotopic (exact) mass is 288 g/mol. The molecule has 0 aliphatic carbocycles. The van der Waals surface area contributed by atoms with Crippen LogP contribution < -0.4 is 5.43 Å². The number of carbonyl (C=O) groups is 1. The van der Waals surface area contributed by atoms with Crippen molar-refractivity contribution >= 4 is 16.9 Å². The molecular formula is C15H20N4O2. The molecule has 21 heavy (non-hydrogen) atoms. The number of nitrogens with zero attached hydrogens (tertiary/aromatic N) is 3. The minimum absolute atomic E-state index is 0.162. The summed E-state index contributed by atoms with van der Waals surface area (Å²) in [6, 6.07) is 0.162. The van der Waals surface area contributed by atoms with Crippen LogP contribution in [-0.4, -0.2) is 38.2 Å². The number of pyridine rings is 1. The molecule has 1 aliphatic heterocycles. The Morgan fingerprint density at radius 3 is 2.95 bits per heavy atom. The van der Waals surface area contributed by atoms with E-state index in [4.69, 9.17) is 0 Å². The van der Waals surface area contributed by atoms with Crippen molar-refractivity contribution in [3.8, 4) is 0 Å². The van der Waals surface area contributed by atoms with Gasteiger partial charge < -0.3 is 9.88 Å². The van der Waals surface area contributed by atoms with Crippen LogP contribution in [-0.2, 0) is 7.05 Å². The molecule has 1 amide bonds. The Morgan fingerprint density at radius 2 is 2.19 bits per heavy atom. The van der Waals surface area contributed by atoms with E-state index in [1.165, 1.54) is 12.4 Å². The molecule has 1 aliphatic rings. The number of fused-ring (bicyclic) bond motifs is 1. The summed E-state index contributed by atoms with van der Waals surface area (Å²) < 4.78 is 1.59. The maximum atomic E-state index is 12.7. The lowest BCUT2D eigenvalue weighted by Gasteiger charge is -2.37. The summed E-state index contributed by atoms with van der Waals surface area (Å²) >= 11 is 0. The first-order chi connectivity index (χ1) is 10.0. The maximum absolute atomic E-state index is 12.7. The normalized spacial score (nSPS) is 22.7. The summed E-state index contributed by atoms with van der Waals surface area (Å²) in [7, 11) is 1.76. The lowest BCUT2D eigenvalue weighted by atomic mass is 9.91. The number of hydrogen-bond acceptors (Lipinski definition) is 3. The van der Waals surface area contributed by atoms with Crippen molar-refractivity contribution in [2.45, 2.75) is 32.7 Å². The number of aryl methyl sites for hydroxylation is 1. The molecule has 2 aromatic rings. The zero-order valence-electron chi connectivity index (χ0n) is 12.6. The fraction of sp³-hybridized carbons (Fsp3) is 0.533. The molecule has 0 unspecified atom stereocenters. The highest BCUT2D eigenvalue weighted by molar-refractivity contribution is 5.96. The van der Waals surface area contributed by atoms with Crippen LogP contribution in [0.4, 0.5) is 0 Å². The van der Waals surface area contributed by atoms with Crippen molar-refractivity contribution in [1.82, 2.24) is 19.7 Å². The topological polar surface area (TPSA) is 71.0 Å². The number of H-pyrrole nitrogens is 1. The SMILES string of the molecule is C[C@@H]1CCCN(C(=O)c2c[nH]c3c(cnn3C)c2=O)[C@H]1C. The van der Waals surface area contributed by atoms with Gasteiger partial charge in [0.05, 0.1) is 11.6 Å². The third kappa shape index (κ3) is 2.14. The molecule has 1 saturated heterocycles. The molecule has 6 nitrogen and oxygen atoms in total. The van der Waals surface area contributed by atoms with Crippen LogP contribution in [0.3, 0.4) is 0 Å². The van der Waals surface area contributed by atoms with Gasteiger partial charge in [-0.05, 0) is 25.7 Å². The summed E-state index contributed by atoms with van der Waals surface area (Å²) in [5, 5.41) is 4.52. The summed E-state index contributed by atoms with van der Waals surface area (Å²) in [5.41, 5.74) is 0.598. The standard InChI is InChI=1S/C15H20N4O2/c1-9-5-4-6-19(10(9)2)15(21)12-7-16-14-11(13(12)20)8-17-18(14)3/h7-10H,4-6H2,1-3H3,(H,16,20)/t9-,10+/m1/s1. The van der Waals surface area contributed by atoms with E-state index in [2.05, 4.69) is 23.9 Å². The summed E-state index contributed by atoms with van der Waals surface area (Å²) in [5.74, 6) is 0.282. The molecule has 6 heteroatoms. The number of likely N-dealkylation sites (tertiary alicyclic amines) is 1. The molecule has 2 atom stereocenters. The largest absolute Gasteiger partial charge is 0.345 e. The van der Waals surface area contributed by atoms with Crippen LogP contribution in [0.15, 0.2) is 17.2 Å². The molecule has 3 heterocycles. The second-order valence-electron chi connectivity index (χ2n) is 5.92. The van der Waals surface area contributed by atoms with E-state index in [0.717, 1.165) is 19.4 Å². The van der Waals surface area contributed by atoms with E-state index in [1.54, 1.807) is 11.7 Å². The molecule has 1 fully saturated rings. The molecule has 0 aromatic carbocycles. The molecule has 0 radical (unpaired) electrons. The number of aromatic nitrogens is 3. The first-order valence-corrected chi connectivity index (χ1v) is 7.35. The van der Waals surface area contributed by atoms with Crippen molar-refractivity contribution < 1.29 is 4.79 Å². The number of piperidine rings is 1. The Kier molecular flexibility index (Phi) is 3.31. The molecular weight excluding hydrogens is 268 g/mol. The highest BCUT2D eigenvalue weighted by Gasteiger charge is 2.30. The summed E-state index contributed by atoms with van der Waals surface area (Å²) in [4.78, 5) is 30.0. The van der Waals surface area contributed by atoms with E-state index in [1.807, 2.05) is 4.90 Å². The van der Waals surface area contributed by atoms with E-state index in [-0.39, 0.29) is 22.9 Å². The Balaban J connectivity index is 2.02. The zero-order chi connectivity index (χ0) is 15.1. The highest BCUT2D eigenvalue weighted by Crippen LogP contribution is 2.24. The Hall–Kier alpha value is -2.11. The first kappa shape index (κ1) is 13.9. The third-order valence-corrected chi connectivity index (χ3v) is 4.65. The number of carbonyl (C=O) groups excluding carboxylic acids is 1. The smallest absolute Gasteiger partial charge is 0.259 e. The fourth-order valence-electron chi connectivity index (χ4n) is 3.06. The van der Waals surface area contributed by atoms with Crippen LogP contribution in [0, 0.1) is 5.92 Å². The van der Waals surface area contributed by atoms with Gasteiger partial charge >= 0.3 is 0 Å². The van der Waals surface area contributed by atoms with Crippen LogP contribution in [0.5, 0.6) is 0 Å². The van der Waals surface area contributed by atoms with Crippen molar-refractivity contribution in [3.05, 3.63) is 28.2 Å².